The van der Waals surface area contributed by atoms with Gasteiger partial charge in [0.1, 0.15) is 0 Å². The van der Waals surface area contributed by atoms with Gasteiger partial charge in [-0.3, -0.25) is 0 Å². The molecule has 0 N–H and O–H groups in total. The molecule has 0 bridgehead atoms. The Balaban J connectivity index is 2.08. The van der Waals surface area contributed by atoms with Gasteiger partial charge in [0.15, 0.2) is 0 Å². The lowest BCUT2D eigenvalue weighted by Gasteiger charge is -2.15. The monoisotopic (exact) mass is 157 g/mol. The van der Waals surface area contributed by atoms with Crippen molar-refractivity contribution in [3.63, 3.8) is 0 Å². The van der Waals surface area contributed by atoms with E-state index in [1.165, 1.54) is 11.5 Å². The minimum absolute atomic E-state index is 1.09. The fourth-order valence-corrected chi connectivity index (χ4v) is 1.57. The van der Waals surface area contributed by atoms with Crippen molar-refractivity contribution in [1.29, 1.82) is 0 Å². The normalized spacial score (nSPS) is 22.8. The van der Waals surface area contributed by atoms with E-state index >= 15 is 0 Å². The van der Waals surface area contributed by atoms with Crippen LogP contribution in [-0.2, 0) is 0 Å². The topological polar surface area (TPSA) is 0 Å². The lowest BCUT2D eigenvalue weighted by Crippen LogP contribution is -1.98. The summed E-state index contributed by atoms with van der Waals surface area (Å²) in [4.78, 5) is 0. The molecule has 2 rings (SSSR count). The minimum Gasteiger partial charge on any atom is -0.0844 e. The number of hydrogen-bond donors (Lipinski definition) is 0. The zero-order valence-corrected chi connectivity index (χ0v) is 7.16. The highest BCUT2D eigenvalue weighted by atomic mass is 14.1. The largest absolute Gasteiger partial charge is 0.0844 e. The van der Waals surface area contributed by atoms with Gasteiger partial charge in [0.2, 0.25) is 0 Å². The molecule has 0 nitrogen and oxygen atoms in total. The van der Waals surface area contributed by atoms with Gasteiger partial charge in [-0.15, -0.1) is 0 Å². The van der Waals surface area contributed by atoms with Crippen LogP contribution in [0.5, 0.6) is 0 Å². The van der Waals surface area contributed by atoms with E-state index in [1.54, 1.807) is 0 Å². The molecule has 61 valence electrons. The Morgan fingerprint density at radius 3 is 2.33 bits per heavy atom. The molecule has 0 fully saturated rings. The average Bonchev–Trinajstić information content (AvgIpc) is 2.21. The Morgan fingerprint density at radius 2 is 1.67 bits per heavy atom. The van der Waals surface area contributed by atoms with Crippen LogP contribution in [0.2, 0.25) is 0 Å². The highest BCUT2D eigenvalue weighted by Gasteiger charge is 2.09. The maximum Gasteiger partial charge on any atom is 0.0438 e. The van der Waals surface area contributed by atoms with Crippen molar-refractivity contribution in [2.45, 2.75) is 19.3 Å². The number of hydrogen-bond acceptors (Lipinski definition) is 0. The van der Waals surface area contributed by atoms with Gasteiger partial charge in [0.05, 0.1) is 0 Å². The molecule has 0 aromatic carbocycles. The molecule has 2 aliphatic carbocycles. The molecule has 0 saturated heterocycles. The van der Waals surface area contributed by atoms with Crippen LogP contribution >= 0.6 is 0 Å². The van der Waals surface area contributed by atoms with Gasteiger partial charge in [-0.25, -0.2) is 0 Å². The van der Waals surface area contributed by atoms with Crippen LogP contribution in [-0.4, -0.2) is 0 Å². The second-order valence-electron chi connectivity index (χ2n) is 3.14. The molecule has 0 aliphatic heterocycles. The molecule has 2 aliphatic rings. The first-order valence-electron chi connectivity index (χ1n) is 4.51. The smallest absolute Gasteiger partial charge is 0.0438 e. The summed E-state index contributed by atoms with van der Waals surface area (Å²) in [5, 5.41) is 0. The number of rotatable bonds is 1. The van der Waals surface area contributed by atoms with Gasteiger partial charge in [0, 0.05) is 5.92 Å². The zero-order chi connectivity index (χ0) is 8.23. The molecule has 0 saturated carbocycles. The van der Waals surface area contributed by atoms with E-state index in [-0.39, 0.29) is 0 Å². The molecule has 0 unspecified atom stereocenters. The Kier molecular flexibility index (Phi) is 2.26. The van der Waals surface area contributed by atoms with Crippen LogP contribution < -0.4 is 0 Å². The maximum absolute atomic E-state index is 2.31. The summed E-state index contributed by atoms with van der Waals surface area (Å²) in [7, 11) is 0. The van der Waals surface area contributed by atoms with Gasteiger partial charge in [-0.05, 0) is 19.3 Å². The summed E-state index contributed by atoms with van der Waals surface area (Å²) >= 11 is 0. The Hall–Kier alpha value is -1.04. The highest BCUT2D eigenvalue weighted by molar-refractivity contribution is 5.45. The van der Waals surface area contributed by atoms with E-state index in [1.807, 2.05) is 0 Å². The predicted molar refractivity (Wildman–Crippen MR) is 52.6 cm³/mol. The van der Waals surface area contributed by atoms with Crippen LogP contribution in [0.4, 0.5) is 0 Å². The first kappa shape index (κ1) is 7.60. The second kappa shape index (κ2) is 3.57. The van der Waals surface area contributed by atoms with Crippen LogP contribution in [0.15, 0.2) is 48.1 Å². The van der Waals surface area contributed by atoms with Crippen LogP contribution in [0.3, 0.4) is 0 Å². The second-order valence-corrected chi connectivity index (χ2v) is 3.14. The number of allylic oxidation sites excluding steroid dienone is 8. The zero-order valence-electron chi connectivity index (χ0n) is 7.16. The SMILES string of the molecule is C1=CCC([C]2C=CCC=C2)=CC1. The third-order valence-electron chi connectivity index (χ3n) is 2.24. The van der Waals surface area contributed by atoms with E-state index in [2.05, 4.69) is 42.5 Å². The lowest BCUT2D eigenvalue weighted by molar-refractivity contribution is 1.08. The summed E-state index contributed by atoms with van der Waals surface area (Å²) in [6, 6.07) is 0. The van der Waals surface area contributed by atoms with Gasteiger partial charge in [-0.2, -0.15) is 0 Å². The minimum atomic E-state index is 1.09. The summed E-state index contributed by atoms with van der Waals surface area (Å²) in [6.07, 6.45) is 19.0. The van der Waals surface area contributed by atoms with Crippen molar-refractivity contribution in [3.05, 3.63) is 54.0 Å². The molecule has 0 aromatic heterocycles. The predicted octanol–water partition coefficient (Wildman–Crippen LogP) is 3.35. The first-order chi connectivity index (χ1) is 5.97. The molecule has 0 spiro atoms. The summed E-state index contributed by atoms with van der Waals surface area (Å²) in [6.45, 7) is 0. The van der Waals surface area contributed by atoms with Crippen molar-refractivity contribution in [2.75, 3.05) is 0 Å². The first-order valence-corrected chi connectivity index (χ1v) is 4.51. The van der Waals surface area contributed by atoms with Crippen molar-refractivity contribution in [2.24, 2.45) is 0 Å². The van der Waals surface area contributed by atoms with E-state index in [9.17, 15) is 0 Å². The quantitative estimate of drug-likeness (QED) is 0.512. The molecule has 0 heteroatoms. The van der Waals surface area contributed by atoms with Gasteiger partial charge < -0.3 is 0 Å². The third kappa shape index (κ3) is 1.58. The molecule has 0 heterocycles. The van der Waals surface area contributed by atoms with Crippen LogP contribution in [0.1, 0.15) is 19.3 Å². The van der Waals surface area contributed by atoms with Crippen molar-refractivity contribution < 1.29 is 0 Å². The molecule has 0 amide bonds. The molecule has 0 aromatic rings. The van der Waals surface area contributed by atoms with E-state index in [4.69, 9.17) is 0 Å². The van der Waals surface area contributed by atoms with E-state index in [0.29, 0.717) is 0 Å². The highest BCUT2D eigenvalue weighted by Crippen LogP contribution is 2.26. The molecular formula is C12H13. The Labute approximate surface area is 74.0 Å². The fourth-order valence-electron chi connectivity index (χ4n) is 1.57. The Bertz CT molecular complexity index is 252. The van der Waals surface area contributed by atoms with Gasteiger partial charge >= 0.3 is 0 Å². The van der Waals surface area contributed by atoms with Crippen LogP contribution in [0, 0.1) is 5.92 Å². The van der Waals surface area contributed by atoms with Crippen LogP contribution in [0.25, 0.3) is 0 Å². The van der Waals surface area contributed by atoms with Gasteiger partial charge in [0.25, 0.3) is 0 Å². The molecule has 12 heavy (non-hydrogen) atoms. The maximum atomic E-state index is 2.31. The van der Waals surface area contributed by atoms with E-state index in [0.717, 1.165) is 19.3 Å². The summed E-state index contributed by atoms with van der Waals surface area (Å²) < 4.78 is 0. The van der Waals surface area contributed by atoms with E-state index < -0.39 is 0 Å². The molecule has 1 radical (unpaired) electrons. The fraction of sp³-hybridized carbons (Fsp3) is 0.250. The third-order valence-corrected chi connectivity index (χ3v) is 2.24. The van der Waals surface area contributed by atoms with Crippen molar-refractivity contribution in [1.82, 2.24) is 0 Å². The summed E-state index contributed by atoms with van der Waals surface area (Å²) in [5.74, 6) is 1.39. The Morgan fingerprint density at radius 1 is 0.833 bits per heavy atom. The molecule has 0 atom stereocenters. The summed E-state index contributed by atoms with van der Waals surface area (Å²) in [5.41, 5.74) is 1.48. The lowest BCUT2D eigenvalue weighted by atomic mass is 9.89. The van der Waals surface area contributed by atoms with Gasteiger partial charge in [-0.1, -0.05) is 48.1 Å². The van der Waals surface area contributed by atoms with Crippen molar-refractivity contribution >= 4 is 0 Å². The van der Waals surface area contributed by atoms with Crippen molar-refractivity contribution in [3.8, 4) is 0 Å². The standard InChI is InChI=1S/C12H13/c1-3-7-11(8-4-1)12-9-5-2-6-10-12/h1,3,5-6,8-10H,2,4,7H2. The average molecular weight is 157 g/mol. The molecular weight excluding hydrogens is 144 g/mol.